The van der Waals surface area contributed by atoms with Crippen molar-refractivity contribution >= 4 is 42.6 Å². The lowest BCUT2D eigenvalue weighted by molar-refractivity contribution is -0.138. The van der Waals surface area contributed by atoms with E-state index in [-0.39, 0.29) is 29.5 Å². The number of benzene rings is 1. The third-order valence-electron chi connectivity index (χ3n) is 5.02. The summed E-state index contributed by atoms with van der Waals surface area (Å²) in [4.78, 5) is 58.2. The summed E-state index contributed by atoms with van der Waals surface area (Å²) in [5.74, 6) is -2.84. The zero-order valence-corrected chi connectivity index (χ0v) is 20.3. The Bertz CT molecular complexity index is 1010. The van der Waals surface area contributed by atoms with E-state index in [0.717, 1.165) is 17.3 Å². The highest BCUT2D eigenvalue weighted by Crippen LogP contribution is 2.15. The Kier molecular flexibility index (Phi) is 9.65. The second-order valence-electron chi connectivity index (χ2n) is 8.39. The third kappa shape index (κ3) is 8.39. The molecule has 2 heterocycles. The van der Waals surface area contributed by atoms with Gasteiger partial charge in [-0.1, -0.05) is 44.2 Å². The summed E-state index contributed by atoms with van der Waals surface area (Å²) in [7, 11) is -1.27. The average molecular weight is 498 g/mol. The van der Waals surface area contributed by atoms with Crippen LogP contribution in [0.1, 0.15) is 36.3 Å². The fourth-order valence-electron chi connectivity index (χ4n) is 3.47. The zero-order chi connectivity index (χ0) is 25.2. The first-order valence-corrected chi connectivity index (χ1v) is 12.3. The number of amides is 2. The van der Waals surface area contributed by atoms with Crippen molar-refractivity contribution in [3.05, 3.63) is 60.2 Å². The standard InChI is InChI=1S/C23H27BN4O6S/c1-15(2)10-19(24-33-20(29)13-35-14-21(30)34-24)28-22(31)17(11-16-6-4-3-5-7-16)27-23(32)18-12-25-8-9-26-18/h3-9,12,15,17,19H,10-11,13-14H2,1-2H3,(H,27,32)(H,28,31)/t17-,19-/m0/s1. The number of aromatic nitrogens is 2. The maximum atomic E-state index is 13.4. The van der Waals surface area contributed by atoms with Crippen LogP contribution in [0.5, 0.6) is 0 Å². The van der Waals surface area contributed by atoms with Crippen LogP contribution in [0.4, 0.5) is 0 Å². The zero-order valence-electron chi connectivity index (χ0n) is 19.5. The predicted octanol–water partition coefficient (Wildman–Crippen LogP) is 1.21. The number of carbonyl (C=O) groups is 4. The molecule has 1 aromatic heterocycles. The molecule has 1 saturated heterocycles. The van der Waals surface area contributed by atoms with Crippen molar-refractivity contribution in [3.8, 4) is 0 Å². The highest BCUT2D eigenvalue weighted by Gasteiger charge is 2.41. The molecule has 0 radical (unpaired) electrons. The Balaban J connectivity index is 1.81. The normalized spacial score (nSPS) is 15.8. The Morgan fingerprint density at radius 1 is 1.06 bits per heavy atom. The van der Waals surface area contributed by atoms with Crippen molar-refractivity contribution in [1.82, 2.24) is 20.6 Å². The van der Waals surface area contributed by atoms with Crippen LogP contribution in [0.15, 0.2) is 48.9 Å². The molecular formula is C23H27BN4O6S. The fourth-order valence-corrected chi connectivity index (χ4v) is 4.04. The molecule has 1 aromatic carbocycles. The van der Waals surface area contributed by atoms with Crippen LogP contribution >= 0.6 is 11.8 Å². The first kappa shape index (κ1) is 26.2. The van der Waals surface area contributed by atoms with Crippen molar-refractivity contribution in [2.45, 2.75) is 38.7 Å². The summed E-state index contributed by atoms with van der Waals surface area (Å²) >= 11 is 1.10. The molecule has 2 atom stereocenters. The summed E-state index contributed by atoms with van der Waals surface area (Å²) in [6.07, 6.45) is 4.71. The molecule has 1 fully saturated rings. The van der Waals surface area contributed by atoms with E-state index in [9.17, 15) is 19.2 Å². The minimum Gasteiger partial charge on any atom is -0.497 e. The van der Waals surface area contributed by atoms with Gasteiger partial charge in [0.2, 0.25) is 5.91 Å². The molecule has 2 amide bonds. The van der Waals surface area contributed by atoms with E-state index in [1.165, 1.54) is 18.6 Å². The lowest BCUT2D eigenvalue weighted by Gasteiger charge is -2.28. The second-order valence-corrected chi connectivity index (χ2v) is 9.38. The molecule has 184 valence electrons. The molecule has 0 bridgehead atoms. The minimum atomic E-state index is -1.27. The molecule has 0 aliphatic carbocycles. The molecule has 10 nitrogen and oxygen atoms in total. The molecule has 2 aromatic rings. The number of rotatable bonds is 9. The number of nitrogens with zero attached hydrogens (tertiary/aromatic N) is 2. The summed E-state index contributed by atoms with van der Waals surface area (Å²) in [5, 5.41) is 5.54. The lowest BCUT2D eigenvalue weighted by Crippen LogP contribution is -2.57. The minimum absolute atomic E-state index is 0.0126. The van der Waals surface area contributed by atoms with Crippen LogP contribution in [0.25, 0.3) is 0 Å². The van der Waals surface area contributed by atoms with E-state index < -0.39 is 42.9 Å². The van der Waals surface area contributed by atoms with E-state index in [0.29, 0.717) is 6.42 Å². The van der Waals surface area contributed by atoms with Gasteiger partial charge in [0, 0.05) is 18.8 Å². The molecule has 12 heteroatoms. The maximum absolute atomic E-state index is 13.4. The predicted molar refractivity (Wildman–Crippen MR) is 130 cm³/mol. The van der Waals surface area contributed by atoms with Crippen molar-refractivity contribution in [3.63, 3.8) is 0 Å². The van der Waals surface area contributed by atoms with Crippen LogP contribution in [-0.2, 0) is 30.1 Å². The number of hydrogen-bond donors (Lipinski definition) is 2. The Morgan fingerprint density at radius 3 is 2.34 bits per heavy atom. The van der Waals surface area contributed by atoms with Crippen molar-refractivity contribution in [2.24, 2.45) is 5.92 Å². The van der Waals surface area contributed by atoms with Gasteiger partial charge in [-0.15, -0.1) is 11.8 Å². The molecule has 0 spiro atoms. The Hall–Kier alpha value is -3.41. The van der Waals surface area contributed by atoms with Gasteiger partial charge in [-0.25, -0.2) is 4.98 Å². The fraction of sp³-hybridized carbons (Fsp3) is 0.391. The van der Waals surface area contributed by atoms with Gasteiger partial charge >= 0.3 is 19.1 Å². The molecule has 0 saturated carbocycles. The molecule has 2 N–H and O–H groups in total. The van der Waals surface area contributed by atoms with Crippen molar-refractivity contribution in [1.29, 1.82) is 0 Å². The highest BCUT2D eigenvalue weighted by molar-refractivity contribution is 8.00. The van der Waals surface area contributed by atoms with E-state index in [1.54, 1.807) is 0 Å². The topological polar surface area (TPSA) is 137 Å². The first-order valence-electron chi connectivity index (χ1n) is 11.2. The van der Waals surface area contributed by atoms with Crippen LogP contribution in [0.3, 0.4) is 0 Å². The number of nitrogens with one attached hydrogen (secondary N) is 2. The smallest absolute Gasteiger partial charge is 0.497 e. The number of carbonyl (C=O) groups excluding carboxylic acids is 4. The average Bonchev–Trinajstić information content (AvgIpc) is 2.82. The summed E-state index contributed by atoms with van der Waals surface area (Å²) in [6, 6.07) is 8.23. The van der Waals surface area contributed by atoms with Gasteiger partial charge in [-0.2, -0.15) is 0 Å². The molecule has 1 aliphatic rings. The van der Waals surface area contributed by atoms with E-state index in [1.807, 2.05) is 44.2 Å². The summed E-state index contributed by atoms with van der Waals surface area (Å²) < 4.78 is 10.7. The monoisotopic (exact) mass is 498 g/mol. The molecule has 3 rings (SSSR count). The summed E-state index contributed by atoms with van der Waals surface area (Å²) in [6.45, 7) is 3.86. The van der Waals surface area contributed by atoms with E-state index in [2.05, 4.69) is 20.6 Å². The molecule has 35 heavy (non-hydrogen) atoms. The second kappa shape index (κ2) is 12.9. The van der Waals surface area contributed by atoms with E-state index in [4.69, 9.17) is 9.31 Å². The molecule has 0 unspecified atom stereocenters. The first-order chi connectivity index (χ1) is 16.8. The largest absolute Gasteiger partial charge is 0.622 e. The van der Waals surface area contributed by atoms with Crippen LogP contribution in [-0.4, -0.2) is 64.3 Å². The van der Waals surface area contributed by atoms with Gasteiger partial charge in [-0.3, -0.25) is 24.2 Å². The molecular weight excluding hydrogens is 471 g/mol. The van der Waals surface area contributed by atoms with Crippen molar-refractivity contribution < 1.29 is 28.5 Å². The van der Waals surface area contributed by atoms with Crippen LogP contribution in [0.2, 0.25) is 0 Å². The SMILES string of the molecule is CC(C)C[C@H](NC(=O)[C@H](Cc1ccccc1)NC(=O)c1cnccn1)B1OC(=O)CSCC(=O)O1. The number of thioether (sulfide) groups is 1. The van der Waals surface area contributed by atoms with Gasteiger partial charge in [0.15, 0.2) is 0 Å². The van der Waals surface area contributed by atoms with Crippen LogP contribution < -0.4 is 10.6 Å². The Morgan fingerprint density at radius 2 is 1.74 bits per heavy atom. The van der Waals surface area contributed by atoms with Crippen LogP contribution in [0, 0.1) is 5.92 Å². The van der Waals surface area contributed by atoms with Gasteiger partial charge in [-0.05, 0) is 17.9 Å². The number of hydrogen-bond acceptors (Lipinski definition) is 9. The molecule has 1 aliphatic heterocycles. The van der Waals surface area contributed by atoms with Gasteiger partial charge in [0.05, 0.1) is 23.6 Å². The van der Waals surface area contributed by atoms with Gasteiger partial charge in [0.1, 0.15) is 11.7 Å². The lowest BCUT2D eigenvalue weighted by atomic mass is 9.73. The Labute approximate surface area is 208 Å². The third-order valence-corrected chi connectivity index (χ3v) is 5.90. The quantitative estimate of drug-likeness (QED) is 0.489. The van der Waals surface area contributed by atoms with Crippen molar-refractivity contribution in [2.75, 3.05) is 11.5 Å². The summed E-state index contributed by atoms with van der Waals surface area (Å²) in [5.41, 5.74) is 0.894. The van der Waals surface area contributed by atoms with Gasteiger partial charge in [0.25, 0.3) is 5.91 Å². The maximum Gasteiger partial charge on any atom is 0.622 e. The van der Waals surface area contributed by atoms with Gasteiger partial charge < -0.3 is 19.9 Å². The van der Waals surface area contributed by atoms with E-state index >= 15 is 0 Å². The highest BCUT2D eigenvalue weighted by atomic mass is 32.2.